The smallest absolute Gasteiger partial charge is 0.291 e. The van der Waals surface area contributed by atoms with Gasteiger partial charge in [-0.15, -0.1) is 0 Å². The summed E-state index contributed by atoms with van der Waals surface area (Å²) in [6, 6.07) is 13.4. The molecule has 0 radical (unpaired) electrons. The number of carbonyl (C=O) groups is 1. The molecule has 1 N–H and O–H groups in total. The Hall–Kier alpha value is -2.11. The van der Waals surface area contributed by atoms with Crippen molar-refractivity contribution in [2.24, 2.45) is 0 Å². The van der Waals surface area contributed by atoms with E-state index in [1.807, 2.05) is 56.3 Å². The third-order valence-corrected chi connectivity index (χ3v) is 4.38. The molecular weight excluding hydrogens is 370 g/mol. The summed E-state index contributed by atoms with van der Waals surface area (Å²) < 4.78 is 12.1. The lowest BCUT2D eigenvalue weighted by atomic mass is 10.1. The number of fused-ring (bicyclic) bond motifs is 1. The van der Waals surface area contributed by atoms with Gasteiger partial charge in [-0.3, -0.25) is 4.79 Å². The van der Waals surface area contributed by atoms with Crippen LogP contribution in [0.3, 0.4) is 0 Å². The second-order valence-electron chi connectivity index (χ2n) is 5.48. The van der Waals surface area contributed by atoms with Crippen LogP contribution in [0, 0.1) is 6.92 Å². The average Bonchev–Trinajstić information content (AvgIpc) is 2.94. The molecule has 1 amide bonds. The lowest BCUT2D eigenvalue weighted by molar-refractivity contribution is 0.0984. The van der Waals surface area contributed by atoms with Gasteiger partial charge in [-0.2, -0.15) is 0 Å². The van der Waals surface area contributed by atoms with Crippen LogP contribution in [0.1, 0.15) is 28.6 Å². The number of hydrogen-bond acceptors (Lipinski definition) is 3. The van der Waals surface area contributed by atoms with Crippen molar-refractivity contribution in [1.82, 2.24) is 0 Å². The van der Waals surface area contributed by atoms with E-state index in [0.29, 0.717) is 24.5 Å². The summed E-state index contributed by atoms with van der Waals surface area (Å²) in [7, 11) is 0. The Bertz CT molecular complexity index is 885. The van der Waals surface area contributed by atoms with Crippen LogP contribution >= 0.6 is 15.9 Å². The summed E-state index contributed by atoms with van der Waals surface area (Å²) in [6.45, 7) is 4.83. The van der Waals surface area contributed by atoms with Crippen molar-refractivity contribution >= 4 is 38.5 Å². The van der Waals surface area contributed by atoms with Crippen LogP contribution in [0.5, 0.6) is 0 Å². The van der Waals surface area contributed by atoms with E-state index in [9.17, 15) is 4.79 Å². The predicted molar refractivity (Wildman–Crippen MR) is 98.4 cm³/mol. The van der Waals surface area contributed by atoms with E-state index in [1.165, 1.54) is 0 Å². The molecule has 0 aliphatic heterocycles. The number of furan rings is 1. The van der Waals surface area contributed by atoms with Gasteiger partial charge in [0.15, 0.2) is 5.76 Å². The quantitative estimate of drug-likeness (QED) is 0.646. The number of amides is 1. The number of rotatable bonds is 5. The number of halogens is 1. The SMILES string of the molecule is CCOCc1c(C(=O)Nc2ccc(C)cc2Br)oc2ccccc12. The highest BCUT2D eigenvalue weighted by Gasteiger charge is 2.21. The second-order valence-corrected chi connectivity index (χ2v) is 6.33. The molecule has 3 aromatic rings. The molecule has 2 aromatic carbocycles. The first kappa shape index (κ1) is 16.7. The highest BCUT2D eigenvalue weighted by Crippen LogP contribution is 2.29. The topological polar surface area (TPSA) is 51.5 Å². The first-order valence-electron chi connectivity index (χ1n) is 7.75. The highest BCUT2D eigenvalue weighted by molar-refractivity contribution is 9.10. The van der Waals surface area contributed by atoms with Crippen molar-refractivity contribution < 1.29 is 13.9 Å². The highest BCUT2D eigenvalue weighted by atomic mass is 79.9. The zero-order valence-corrected chi connectivity index (χ0v) is 15.1. The van der Waals surface area contributed by atoms with Gasteiger partial charge in [0.25, 0.3) is 5.91 Å². The van der Waals surface area contributed by atoms with Crippen LogP contribution in [0.4, 0.5) is 5.69 Å². The summed E-state index contributed by atoms with van der Waals surface area (Å²) >= 11 is 3.47. The molecule has 0 bridgehead atoms. The number of benzene rings is 2. The fourth-order valence-electron chi connectivity index (χ4n) is 2.53. The molecule has 0 atom stereocenters. The summed E-state index contributed by atoms with van der Waals surface area (Å²) in [5.74, 6) is 0.00239. The molecule has 3 rings (SSSR count). The monoisotopic (exact) mass is 387 g/mol. The summed E-state index contributed by atoms with van der Waals surface area (Å²) in [5.41, 5.74) is 3.27. The third-order valence-electron chi connectivity index (χ3n) is 3.73. The van der Waals surface area contributed by atoms with Crippen LogP contribution < -0.4 is 5.32 Å². The number of anilines is 1. The summed E-state index contributed by atoms with van der Waals surface area (Å²) in [4.78, 5) is 12.7. The van der Waals surface area contributed by atoms with Gasteiger partial charge in [-0.05, 0) is 53.5 Å². The lowest BCUT2D eigenvalue weighted by Crippen LogP contribution is -2.13. The zero-order valence-electron chi connectivity index (χ0n) is 13.6. The van der Waals surface area contributed by atoms with Crippen LogP contribution in [-0.4, -0.2) is 12.5 Å². The largest absolute Gasteiger partial charge is 0.451 e. The first-order chi connectivity index (χ1) is 11.6. The minimum Gasteiger partial charge on any atom is -0.451 e. The number of nitrogens with one attached hydrogen (secondary N) is 1. The van der Waals surface area contributed by atoms with E-state index in [2.05, 4.69) is 21.2 Å². The average molecular weight is 388 g/mol. The Balaban J connectivity index is 1.96. The van der Waals surface area contributed by atoms with E-state index in [4.69, 9.17) is 9.15 Å². The summed E-state index contributed by atoms with van der Waals surface area (Å²) in [6.07, 6.45) is 0. The molecule has 0 fully saturated rings. The molecule has 0 saturated carbocycles. The Morgan fingerprint density at radius 2 is 2.04 bits per heavy atom. The maximum atomic E-state index is 12.7. The van der Waals surface area contributed by atoms with E-state index in [0.717, 1.165) is 21.0 Å². The fourth-order valence-corrected chi connectivity index (χ4v) is 3.12. The Kier molecular flexibility index (Phi) is 5.02. The lowest BCUT2D eigenvalue weighted by Gasteiger charge is -2.08. The van der Waals surface area contributed by atoms with E-state index < -0.39 is 0 Å². The van der Waals surface area contributed by atoms with Crippen molar-refractivity contribution in [3.05, 3.63) is 63.8 Å². The van der Waals surface area contributed by atoms with Gasteiger partial charge in [-0.1, -0.05) is 24.3 Å². The molecular formula is C19H18BrNO3. The molecule has 4 nitrogen and oxygen atoms in total. The molecule has 0 aliphatic rings. The standard InChI is InChI=1S/C19H18BrNO3/c1-3-23-11-14-13-6-4-5-7-17(13)24-18(14)19(22)21-16-9-8-12(2)10-15(16)20/h4-10H,3,11H2,1-2H3,(H,21,22). The van der Waals surface area contributed by atoms with E-state index in [1.54, 1.807) is 0 Å². The maximum Gasteiger partial charge on any atom is 0.291 e. The fraction of sp³-hybridized carbons (Fsp3) is 0.211. The van der Waals surface area contributed by atoms with Crippen LogP contribution in [0.2, 0.25) is 0 Å². The van der Waals surface area contributed by atoms with E-state index >= 15 is 0 Å². The van der Waals surface area contributed by atoms with Crippen molar-refractivity contribution in [1.29, 1.82) is 0 Å². The second kappa shape index (κ2) is 7.20. The van der Waals surface area contributed by atoms with Crippen molar-refractivity contribution in [3.8, 4) is 0 Å². The molecule has 24 heavy (non-hydrogen) atoms. The predicted octanol–water partition coefficient (Wildman–Crippen LogP) is 5.29. The Morgan fingerprint density at radius 3 is 2.79 bits per heavy atom. The van der Waals surface area contributed by atoms with Gasteiger partial charge in [-0.25, -0.2) is 0 Å². The Labute approximate surface area is 148 Å². The van der Waals surface area contributed by atoms with Gasteiger partial charge in [0.05, 0.1) is 12.3 Å². The van der Waals surface area contributed by atoms with Crippen LogP contribution in [-0.2, 0) is 11.3 Å². The van der Waals surface area contributed by atoms with Crippen LogP contribution in [0.15, 0.2) is 51.4 Å². The molecule has 0 saturated heterocycles. The number of ether oxygens (including phenoxy) is 1. The van der Waals surface area contributed by atoms with Crippen molar-refractivity contribution in [3.63, 3.8) is 0 Å². The number of carbonyl (C=O) groups excluding carboxylic acids is 1. The van der Waals surface area contributed by atoms with Gasteiger partial charge in [0.1, 0.15) is 5.58 Å². The number of aryl methyl sites for hydroxylation is 1. The van der Waals surface area contributed by atoms with Crippen molar-refractivity contribution in [2.45, 2.75) is 20.5 Å². The summed E-state index contributed by atoms with van der Waals surface area (Å²) in [5, 5.41) is 3.80. The molecule has 1 heterocycles. The maximum absolute atomic E-state index is 12.7. The molecule has 124 valence electrons. The minimum absolute atomic E-state index is 0.287. The Morgan fingerprint density at radius 1 is 1.25 bits per heavy atom. The van der Waals surface area contributed by atoms with Gasteiger partial charge in [0, 0.05) is 22.0 Å². The molecule has 1 aromatic heterocycles. The molecule has 0 spiro atoms. The third kappa shape index (κ3) is 3.37. The number of hydrogen-bond donors (Lipinski definition) is 1. The van der Waals surface area contributed by atoms with Gasteiger partial charge in [0.2, 0.25) is 0 Å². The molecule has 5 heteroatoms. The minimum atomic E-state index is -0.287. The zero-order chi connectivity index (χ0) is 17.1. The normalized spacial score (nSPS) is 11.0. The van der Waals surface area contributed by atoms with E-state index in [-0.39, 0.29) is 11.7 Å². The number of para-hydroxylation sites is 1. The van der Waals surface area contributed by atoms with Gasteiger partial charge < -0.3 is 14.5 Å². The first-order valence-corrected chi connectivity index (χ1v) is 8.55. The molecule has 0 aliphatic carbocycles. The van der Waals surface area contributed by atoms with Crippen LogP contribution in [0.25, 0.3) is 11.0 Å². The van der Waals surface area contributed by atoms with Gasteiger partial charge >= 0.3 is 0 Å². The molecule has 0 unspecified atom stereocenters. The van der Waals surface area contributed by atoms with Crippen molar-refractivity contribution in [2.75, 3.05) is 11.9 Å².